The number of hydrogen-bond acceptors (Lipinski definition) is 5. The third-order valence-electron chi connectivity index (χ3n) is 4.81. The summed E-state index contributed by atoms with van der Waals surface area (Å²) in [4.78, 5) is 26.6. The van der Waals surface area contributed by atoms with Gasteiger partial charge in [-0.2, -0.15) is 5.26 Å². The van der Waals surface area contributed by atoms with Gasteiger partial charge in [0, 0.05) is 11.6 Å². The number of carbonyl (C=O) groups is 2. The Morgan fingerprint density at radius 3 is 2.54 bits per heavy atom. The predicted octanol–water partition coefficient (Wildman–Crippen LogP) is 3.18. The second kappa shape index (κ2) is 6.67. The summed E-state index contributed by atoms with van der Waals surface area (Å²) in [5.74, 6) is 0.0197. The molecule has 1 atom stereocenters. The van der Waals surface area contributed by atoms with Crippen LogP contribution in [0.1, 0.15) is 23.8 Å². The maximum atomic E-state index is 13.0. The third kappa shape index (κ3) is 2.91. The number of hydrogen-bond donors (Lipinski definition) is 1. The fraction of sp³-hybridized carbons (Fsp3) is 0.143. The predicted molar refractivity (Wildman–Crippen MR) is 99.5 cm³/mol. The van der Waals surface area contributed by atoms with Gasteiger partial charge in [0.05, 0.1) is 18.2 Å². The van der Waals surface area contributed by atoms with E-state index in [0.717, 1.165) is 10.5 Å². The monoisotopic (exact) mass is 372 g/mol. The number of urea groups is 1. The lowest BCUT2D eigenvalue weighted by atomic mass is 9.91. The summed E-state index contributed by atoms with van der Waals surface area (Å²) in [5.41, 5.74) is 1.41. The van der Waals surface area contributed by atoms with Gasteiger partial charge >= 0.3 is 6.03 Å². The Labute approximate surface area is 161 Å². The minimum absolute atomic E-state index is 0.0175. The van der Waals surface area contributed by atoms with Crippen molar-refractivity contribution in [1.82, 2.24) is 15.4 Å². The molecule has 4 rings (SSSR count). The van der Waals surface area contributed by atoms with E-state index in [1.807, 2.05) is 36.4 Å². The van der Waals surface area contributed by atoms with Crippen LogP contribution in [0.3, 0.4) is 0 Å². The summed E-state index contributed by atoms with van der Waals surface area (Å²) in [6.07, 6.45) is 0. The number of aromatic nitrogens is 1. The first-order valence-corrected chi connectivity index (χ1v) is 8.67. The van der Waals surface area contributed by atoms with Gasteiger partial charge in [0.25, 0.3) is 5.91 Å². The van der Waals surface area contributed by atoms with Gasteiger partial charge < -0.3 is 9.84 Å². The van der Waals surface area contributed by atoms with E-state index < -0.39 is 11.6 Å². The Hall–Kier alpha value is -3.92. The number of nitriles is 1. The van der Waals surface area contributed by atoms with Crippen molar-refractivity contribution < 1.29 is 14.1 Å². The number of nitrogens with zero attached hydrogens (tertiary/aromatic N) is 3. The van der Waals surface area contributed by atoms with Crippen molar-refractivity contribution in [2.24, 2.45) is 0 Å². The van der Waals surface area contributed by atoms with Crippen LogP contribution in [-0.2, 0) is 16.9 Å². The zero-order valence-electron chi connectivity index (χ0n) is 15.0. The van der Waals surface area contributed by atoms with Gasteiger partial charge in [-0.05, 0) is 24.6 Å². The fourth-order valence-electron chi connectivity index (χ4n) is 3.20. The largest absolute Gasteiger partial charge is 0.359 e. The molecule has 7 heteroatoms. The van der Waals surface area contributed by atoms with Gasteiger partial charge in [0.2, 0.25) is 0 Å². The van der Waals surface area contributed by atoms with Crippen molar-refractivity contribution in [3.8, 4) is 17.3 Å². The molecule has 1 unspecified atom stereocenters. The first-order valence-electron chi connectivity index (χ1n) is 8.67. The molecule has 0 radical (unpaired) electrons. The molecule has 1 aromatic heterocycles. The van der Waals surface area contributed by atoms with Crippen molar-refractivity contribution in [2.45, 2.75) is 19.0 Å². The van der Waals surface area contributed by atoms with Crippen molar-refractivity contribution in [1.29, 1.82) is 5.26 Å². The number of benzene rings is 2. The summed E-state index contributed by atoms with van der Waals surface area (Å²) < 4.78 is 5.32. The van der Waals surface area contributed by atoms with E-state index >= 15 is 0 Å². The molecule has 3 aromatic rings. The fourth-order valence-corrected chi connectivity index (χ4v) is 3.20. The van der Waals surface area contributed by atoms with Crippen LogP contribution in [0.5, 0.6) is 0 Å². The molecule has 1 aliphatic rings. The first-order chi connectivity index (χ1) is 13.5. The maximum Gasteiger partial charge on any atom is 0.325 e. The van der Waals surface area contributed by atoms with E-state index in [9.17, 15) is 9.59 Å². The molecule has 0 saturated carbocycles. The van der Waals surface area contributed by atoms with Crippen LogP contribution in [0.4, 0.5) is 4.79 Å². The summed E-state index contributed by atoms with van der Waals surface area (Å²) in [6.45, 7) is 1.63. The molecule has 2 heterocycles. The Morgan fingerprint density at radius 1 is 1.14 bits per heavy atom. The second-order valence-corrected chi connectivity index (χ2v) is 6.68. The lowest BCUT2D eigenvalue weighted by Crippen LogP contribution is -2.40. The van der Waals surface area contributed by atoms with Crippen LogP contribution < -0.4 is 5.32 Å². The molecule has 1 N–H and O–H groups in total. The van der Waals surface area contributed by atoms with E-state index in [-0.39, 0.29) is 12.5 Å². The lowest BCUT2D eigenvalue weighted by Gasteiger charge is -2.22. The molecule has 1 saturated heterocycles. The minimum atomic E-state index is -1.20. The number of carbonyl (C=O) groups excluding carboxylic acids is 2. The topological polar surface area (TPSA) is 99.2 Å². The average molecular weight is 372 g/mol. The molecule has 3 amide bonds. The second-order valence-electron chi connectivity index (χ2n) is 6.68. The standard InChI is InChI=1S/C21H16N4O3/c1-21(16-9-7-14(12-22)8-10-16)19(26)25(20(27)23-21)13-17-11-18(24-28-17)15-5-3-2-4-6-15/h2-11H,13H2,1H3,(H,23,27). The van der Waals surface area contributed by atoms with Gasteiger partial charge in [-0.25, -0.2) is 4.79 Å². The molecule has 0 spiro atoms. The number of rotatable bonds is 4. The van der Waals surface area contributed by atoms with Crippen molar-refractivity contribution in [2.75, 3.05) is 0 Å². The zero-order chi connectivity index (χ0) is 19.7. The summed E-state index contributed by atoms with van der Waals surface area (Å²) >= 11 is 0. The van der Waals surface area contributed by atoms with Crippen LogP contribution in [0.2, 0.25) is 0 Å². The van der Waals surface area contributed by atoms with E-state index in [1.54, 1.807) is 37.3 Å². The molecule has 28 heavy (non-hydrogen) atoms. The highest BCUT2D eigenvalue weighted by molar-refractivity contribution is 6.07. The highest BCUT2D eigenvalue weighted by Crippen LogP contribution is 2.30. The molecule has 1 aliphatic heterocycles. The van der Waals surface area contributed by atoms with Gasteiger partial charge in [-0.1, -0.05) is 47.6 Å². The Kier molecular flexibility index (Phi) is 4.17. The first kappa shape index (κ1) is 17.5. The third-order valence-corrected chi connectivity index (χ3v) is 4.81. The van der Waals surface area contributed by atoms with Crippen molar-refractivity contribution in [3.63, 3.8) is 0 Å². The normalized spacial score (nSPS) is 18.8. The quantitative estimate of drug-likeness (QED) is 0.709. The van der Waals surface area contributed by atoms with E-state index in [0.29, 0.717) is 22.6 Å². The van der Waals surface area contributed by atoms with E-state index in [4.69, 9.17) is 9.78 Å². The number of imide groups is 1. The Balaban J connectivity index is 1.56. The molecular weight excluding hydrogens is 356 g/mol. The highest BCUT2D eigenvalue weighted by Gasteiger charge is 2.49. The van der Waals surface area contributed by atoms with Gasteiger partial charge in [0.1, 0.15) is 11.2 Å². The van der Waals surface area contributed by atoms with Gasteiger partial charge in [-0.15, -0.1) is 0 Å². The summed E-state index contributed by atoms with van der Waals surface area (Å²) in [5, 5.41) is 15.7. The van der Waals surface area contributed by atoms with Crippen LogP contribution in [0.25, 0.3) is 11.3 Å². The molecular formula is C21H16N4O3. The number of amides is 3. The van der Waals surface area contributed by atoms with Crippen LogP contribution >= 0.6 is 0 Å². The van der Waals surface area contributed by atoms with Crippen LogP contribution in [0, 0.1) is 11.3 Å². The van der Waals surface area contributed by atoms with Gasteiger partial charge in [0.15, 0.2) is 5.76 Å². The highest BCUT2D eigenvalue weighted by atomic mass is 16.5. The van der Waals surface area contributed by atoms with Crippen LogP contribution in [-0.4, -0.2) is 22.0 Å². The number of nitrogens with one attached hydrogen (secondary N) is 1. The van der Waals surface area contributed by atoms with E-state index in [1.165, 1.54) is 0 Å². The molecule has 1 fully saturated rings. The van der Waals surface area contributed by atoms with Gasteiger partial charge in [-0.3, -0.25) is 9.69 Å². The molecule has 0 bridgehead atoms. The lowest BCUT2D eigenvalue weighted by molar-refractivity contribution is -0.131. The van der Waals surface area contributed by atoms with Crippen molar-refractivity contribution in [3.05, 3.63) is 77.6 Å². The molecule has 138 valence electrons. The molecule has 2 aromatic carbocycles. The SMILES string of the molecule is CC1(c2ccc(C#N)cc2)NC(=O)N(Cc2cc(-c3ccccc3)no2)C1=O. The Morgan fingerprint density at radius 2 is 1.86 bits per heavy atom. The minimum Gasteiger partial charge on any atom is -0.359 e. The smallest absolute Gasteiger partial charge is 0.325 e. The summed E-state index contributed by atoms with van der Waals surface area (Å²) in [7, 11) is 0. The molecule has 0 aliphatic carbocycles. The maximum absolute atomic E-state index is 13.0. The van der Waals surface area contributed by atoms with Crippen molar-refractivity contribution >= 4 is 11.9 Å². The van der Waals surface area contributed by atoms with Crippen LogP contribution in [0.15, 0.2) is 65.2 Å². The average Bonchev–Trinajstić information content (AvgIpc) is 3.28. The zero-order valence-corrected chi connectivity index (χ0v) is 15.0. The Bertz CT molecular complexity index is 1080. The molecule has 7 nitrogen and oxygen atoms in total. The summed E-state index contributed by atoms with van der Waals surface area (Å²) in [6, 6.07) is 19.3. The van der Waals surface area contributed by atoms with E-state index in [2.05, 4.69) is 10.5 Å².